The van der Waals surface area contributed by atoms with Crippen LogP contribution >= 0.6 is 27.3 Å². The molecule has 0 aromatic carbocycles. The van der Waals surface area contributed by atoms with E-state index in [0.29, 0.717) is 18.2 Å². The van der Waals surface area contributed by atoms with E-state index in [1.165, 1.54) is 19.3 Å². The van der Waals surface area contributed by atoms with Crippen molar-refractivity contribution in [2.24, 2.45) is 5.92 Å². The van der Waals surface area contributed by atoms with Crippen molar-refractivity contribution in [2.45, 2.75) is 32.2 Å². The molecule has 0 radical (unpaired) electrons. The molecule has 1 aliphatic rings. The normalized spacial score (nSPS) is 14.9. The van der Waals surface area contributed by atoms with Gasteiger partial charge in [-0.3, -0.25) is 4.79 Å². The average molecular weight is 369 g/mol. The van der Waals surface area contributed by atoms with Crippen LogP contribution in [0.1, 0.15) is 24.3 Å². The molecule has 2 heterocycles. The van der Waals surface area contributed by atoms with Crippen LogP contribution < -0.4 is 10.9 Å². The summed E-state index contributed by atoms with van der Waals surface area (Å²) in [5.41, 5.74) is 0.552. The van der Waals surface area contributed by atoms with Crippen molar-refractivity contribution in [3.8, 4) is 0 Å². The molecule has 2 aromatic rings. The highest BCUT2D eigenvalue weighted by Gasteiger charge is 2.20. The minimum absolute atomic E-state index is 0.0459. The van der Waals surface area contributed by atoms with E-state index >= 15 is 0 Å². The molecule has 7 heteroatoms. The Balaban J connectivity index is 1.67. The van der Waals surface area contributed by atoms with Crippen LogP contribution in [0.3, 0.4) is 0 Å². The van der Waals surface area contributed by atoms with Crippen LogP contribution in [0.5, 0.6) is 0 Å². The largest absolute Gasteiger partial charge is 0.379 e. The van der Waals surface area contributed by atoms with E-state index in [1.807, 2.05) is 5.38 Å². The highest BCUT2D eigenvalue weighted by molar-refractivity contribution is 9.10. The monoisotopic (exact) mass is 368 g/mol. The first-order chi connectivity index (χ1) is 10.2. The molecule has 0 bridgehead atoms. The van der Waals surface area contributed by atoms with Crippen LogP contribution in [0.4, 0.5) is 5.69 Å². The number of rotatable bonds is 6. The van der Waals surface area contributed by atoms with Crippen LogP contribution in [0.15, 0.2) is 27.0 Å². The second-order valence-corrected chi connectivity index (χ2v) is 7.09. The quantitative estimate of drug-likeness (QED) is 0.851. The maximum atomic E-state index is 12.5. The van der Waals surface area contributed by atoms with Gasteiger partial charge < -0.3 is 5.32 Å². The van der Waals surface area contributed by atoms with Crippen LogP contribution in [-0.4, -0.2) is 21.3 Å². The summed E-state index contributed by atoms with van der Waals surface area (Å²) in [4.78, 5) is 16.7. The molecule has 21 heavy (non-hydrogen) atoms. The van der Waals surface area contributed by atoms with Crippen LogP contribution in [-0.2, 0) is 13.0 Å². The number of hydrogen-bond donors (Lipinski definition) is 1. The third-order valence-corrected chi connectivity index (χ3v) is 5.22. The fraction of sp³-hybridized carbons (Fsp3) is 0.500. The van der Waals surface area contributed by atoms with Gasteiger partial charge in [-0.15, -0.1) is 11.3 Å². The van der Waals surface area contributed by atoms with Gasteiger partial charge in [-0.2, -0.15) is 5.10 Å². The summed E-state index contributed by atoms with van der Waals surface area (Å²) >= 11 is 5.04. The Labute approximate surface area is 135 Å². The molecular formula is C14H17BrN4OS. The van der Waals surface area contributed by atoms with E-state index in [4.69, 9.17) is 0 Å². The molecule has 5 nitrogen and oxygen atoms in total. The van der Waals surface area contributed by atoms with Crippen molar-refractivity contribution in [1.29, 1.82) is 0 Å². The molecular weight excluding hydrogens is 352 g/mol. The van der Waals surface area contributed by atoms with E-state index in [2.05, 4.69) is 31.3 Å². The molecule has 0 saturated heterocycles. The first-order valence-electron chi connectivity index (χ1n) is 7.12. The Bertz CT molecular complexity index is 651. The summed E-state index contributed by atoms with van der Waals surface area (Å²) in [5, 5.41) is 10.5. The lowest BCUT2D eigenvalue weighted by Gasteiger charge is -2.25. The Morgan fingerprint density at radius 3 is 3.00 bits per heavy atom. The summed E-state index contributed by atoms with van der Waals surface area (Å²) in [6.07, 6.45) is 8.00. The summed E-state index contributed by atoms with van der Waals surface area (Å²) in [5.74, 6) is 0.611. The van der Waals surface area contributed by atoms with Gasteiger partial charge in [0, 0.05) is 31.1 Å². The highest BCUT2D eigenvalue weighted by atomic mass is 79.9. The van der Waals surface area contributed by atoms with E-state index in [-0.39, 0.29) is 5.56 Å². The van der Waals surface area contributed by atoms with E-state index in [9.17, 15) is 4.79 Å². The zero-order valence-corrected chi connectivity index (χ0v) is 14.0. The number of thiazole rings is 1. The zero-order valence-electron chi connectivity index (χ0n) is 11.6. The van der Waals surface area contributed by atoms with Gasteiger partial charge in [0.2, 0.25) is 0 Å². The Kier molecular flexibility index (Phi) is 4.70. The van der Waals surface area contributed by atoms with Crippen LogP contribution in [0.2, 0.25) is 0 Å². The second kappa shape index (κ2) is 6.70. The number of hydrogen-bond acceptors (Lipinski definition) is 5. The van der Waals surface area contributed by atoms with Crippen molar-refractivity contribution in [3.05, 3.63) is 37.6 Å². The Morgan fingerprint density at radius 1 is 1.48 bits per heavy atom. The molecule has 3 rings (SSSR count). The molecule has 1 fully saturated rings. The van der Waals surface area contributed by atoms with Crippen molar-refractivity contribution >= 4 is 33.0 Å². The number of nitrogens with zero attached hydrogens (tertiary/aromatic N) is 3. The molecule has 0 spiro atoms. The maximum Gasteiger partial charge on any atom is 0.291 e. The third kappa shape index (κ3) is 3.52. The van der Waals surface area contributed by atoms with Crippen molar-refractivity contribution in [3.63, 3.8) is 0 Å². The van der Waals surface area contributed by atoms with Gasteiger partial charge in [0.25, 0.3) is 5.56 Å². The molecule has 1 N–H and O–H groups in total. The van der Waals surface area contributed by atoms with Gasteiger partial charge in [0.1, 0.15) is 5.69 Å². The maximum absolute atomic E-state index is 12.5. The Hall–Kier alpha value is -1.21. The first-order valence-corrected chi connectivity index (χ1v) is 8.79. The molecule has 0 atom stereocenters. The SMILES string of the molecule is O=c1c(NCCc2nccs2)c(Br)cnn1CC1CCC1. The van der Waals surface area contributed by atoms with Crippen LogP contribution in [0.25, 0.3) is 0 Å². The highest BCUT2D eigenvalue weighted by Crippen LogP contribution is 2.27. The van der Waals surface area contributed by atoms with Crippen molar-refractivity contribution in [2.75, 3.05) is 11.9 Å². The topological polar surface area (TPSA) is 59.8 Å². The number of halogens is 1. The van der Waals surface area contributed by atoms with Gasteiger partial charge in [0.15, 0.2) is 0 Å². The number of anilines is 1. The standard InChI is InChI=1S/C14H17BrN4OS/c15-11-8-18-19(9-10-2-1-3-10)14(20)13(11)17-5-4-12-16-6-7-21-12/h6-8,10,17H,1-5,9H2. The molecule has 112 valence electrons. The average Bonchev–Trinajstić information content (AvgIpc) is 2.93. The van der Waals surface area contributed by atoms with Gasteiger partial charge in [-0.25, -0.2) is 9.67 Å². The van der Waals surface area contributed by atoms with Gasteiger partial charge >= 0.3 is 0 Å². The van der Waals surface area contributed by atoms with Gasteiger partial charge in [0.05, 0.1) is 15.7 Å². The molecule has 1 aliphatic carbocycles. The third-order valence-electron chi connectivity index (χ3n) is 3.78. The summed E-state index contributed by atoms with van der Waals surface area (Å²) in [7, 11) is 0. The smallest absolute Gasteiger partial charge is 0.291 e. The zero-order chi connectivity index (χ0) is 14.7. The Morgan fingerprint density at radius 2 is 2.33 bits per heavy atom. The fourth-order valence-corrected chi connectivity index (χ4v) is 3.37. The van der Waals surface area contributed by atoms with Gasteiger partial charge in [-0.05, 0) is 34.7 Å². The summed E-state index contributed by atoms with van der Waals surface area (Å²) in [6.45, 7) is 1.42. The molecule has 0 aliphatic heterocycles. The minimum atomic E-state index is -0.0459. The van der Waals surface area contributed by atoms with Crippen LogP contribution in [0, 0.1) is 5.92 Å². The number of nitrogens with one attached hydrogen (secondary N) is 1. The summed E-state index contributed by atoms with van der Waals surface area (Å²) in [6, 6.07) is 0. The molecule has 0 amide bonds. The minimum Gasteiger partial charge on any atom is -0.379 e. The lowest BCUT2D eigenvalue weighted by atomic mass is 9.85. The fourth-order valence-electron chi connectivity index (χ4n) is 2.35. The summed E-state index contributed by atoms with van der Waals surface area (Å²) < 4.78 is 2.30. The predicted molar refractivity (Wildman–Crippen MR) is 87.8 cm³/mol. The first kappa shape index (κ1) is 14.7. The van der Waals surface area contributed by atoms with E-state index in [1.54, 1.807) is 28.4 Å². The number of aromatic nitrogens is 3. The van der Waals surface area contributed by atoms with Crippen molar-refractivity contribution < 1.29 is 0 Å². The molecule has 2 aromatic heterocycles. The lowest BCUT2D eigenvalue weighted by molar-refractivity contribution is 0.262. The van der Waals surface area contributed by atoms with E-state index < -0.39 is 0 Å². The second-order valence-electron chi connectivity index (χ2n) is 5.25. The van der Waals surface area contributed by atoms with E-state index in [0.717, 1.165) is 22.4 Å². The molecule has 0 unspecified atom stereocenters. The van der Waals surface area contributed by atoms with Gasteiger partial charge in [-0.1, -0.05) is 6.42 Å². The van der Waals surface area contributed by atoms with Crippen molar-refractivity contribution in [1.82, 2.24) is 14.8 Å². The predicted octanol–water partition coefficient (Wildman–Crippen LogP) is 2.92. The lowest BCUT2D eigenvalue weighted by Crippen LogP contribution is -2.31. The molecule has 1 saturated carbocycles.